The van der Waals surface area contributed by atoms with Gasteiger partial charge in [0.05, 0.1) is 0 Å². The first-order valence-electron chi connectivity index (χ1n) is 6.88. The highest BCUT2D eigenvalue weighted by molar-refractivity contribution is 7.99. The minimum Gasteiger partial charge on any atom is -0.316 e. The number of hydrogen-bond donors (Lipinski definition) is 1. The second kappa shape index (κ2) is 7.85. The van der Waals surface area contributed by atoms with Gasteiger partial charge in [-0.3, -0.25) is 0 Å². The highest BCUT2D eigenvalue weighted by Crippen LogP contribution is 2.25. The van der Waals surface area contributed by atoms with Crippen LogP contribution in [-0.4, -0.2) is 18.8 Å². The van der Waals surface area contributed by atoms with Crippen molar-refractivity contribution in [1.29, 1.82) is 0 Å². The fourth-order valence-electron chi connectivity index (χ4n) is 1.75. The summed E-state index contributed by atoms with van der Waals surface area (Å²) in [4.78, 5) is 1.38. The van der Waals surface area contributed by atoms with E-state index in [1.54, 1.807) is 0 Å². The summed E-state index contributed by atoms with van der Waals surface area (Å²) in [5.74, 6) is 1.93. The van der Waals surface area contributed by atoms with Crippen LogP contribution in [0.2, 0.25) is 0 Å². The molecule has 0 atom stereocenters. The second-order valence-corrected chi connectivity index (χ2v) is 7.27. The summed E-state index contributed by atoms with van der Waals surface area (Å²) in [6.45, 7) is 11.4. The number of rotatable bonds is 8. The maximum absolute atomic E-state index is 3.56. The van der Waals surface area contributed by atoms with Crippen LogP contribution in [0.4, 0.5) is 0 Å². The fraction of sp³-hybridized carbons (Fsp3) is 0.625. The van der Waals surface area contributed by atoms with Gasteiger partial charge in [-0.05, 0) is 42.2 Å². The lowest BCUT2D eigenvalue weighted by Gasteiger charge is -2.25. The molecule has 0 aliphatic carbocycles. The minimum atomic E-state index is 0.386. The van der Waals surface area contributed by atoms with Crippen molar-refractivity contribution >= 4 is 11.8 Å². The van der Waals surface area contributed by atoms with E-state index in [-0.39, 0.29) is 0 Å². The first-order valence-corrected chi connectivity index (χ1v) is 7.87. The molecule has 0 heterocycles. The van der Waals surface area contributed by atoms with Crippen LogP contribution in [0.1, 0.15) is 34.1 Å². The summed E-state index contributed by atoms with van der Waals surface area (Å²) < 4.78 is 0. The Hall–Kier alpha value is -0.470. The Labute approximate surface area is 117 Å². The topological polar surface area (TPSA) is 12.0 Å². The zero-order valence-corrected chi connectivity index (χ0v) is 13.0. The maximum Gasteiger partial charge on any atom is 0.00719 e. The van der Waals surface area contributed by atoms with Crippen LogP contribution in [0.25, 0.3) is 0 Å². The van der Waals surface area contributed by atoms with Gasteiger partial charge in [0.25, 0.3) is 0 Å². The highest BCUT2D eigenvalue weighted by Gasteiger charge is 2.17. The smallest absolute Gasteiger partial charge is 0.00719 e. The van der Waals surface area contributed by atoms with Crippen molar-refractivity contribution in [2.45, 2.75) is 39.0 Å². The zero-order chi connectivity index (χ0) is 13.4. The molecule has 0 saturated heterocycles. The van der Waals surface area contributed by atoms with Crippen molar-refractivity contribution < 1.29 is 0 Å². The Balaban J connectivity index is 2.20. The molecule has 0 bridgehead atoms. The molecular formula is C16H27NS. The standard InChI is InChI=1S/C16H27NS/c1-14(2)12-17-13-16(3,4)10-11-18-15-8-6-5-7-9-15/h5-9,14,17H,10-13H2,1-4H3. The molecule has 0 spiro atoms. The molecule has 0 saturated carbocycles. The number of nitrogens with one attached hydrogen (secondary N) is 1. The van der Waals surface area contributed by atoms with Gasteiger partial charge in [-0.15, -0.1) is 11.8 Å². The van der Waals surface area contributed by atoms with Gasteiger partial charge in [-0.25, -0.2) is 0 Å². The third-order valence-corrected chi connectivity index (χ3v) is 3.96. The zero-order valence-electron chi connectivity index (χ0n) is 12.2. The highest BCUT2D eigenvalue weighted by atomic mass is 32.2. The van der Waals surface area contributed by atoms with Gasteiger partial charge in [-0.1, -0.05) is 45.9 Å². The fourth-order valence-corrected chi connectivity index (χ4v) is 2.99. The molecule has 2 heteroatoms. The molecule has 0 radical (unpaired) electrons. The minimum absolute atomic E-state index is 0.386. The largest absolute Gasteiger partial charge is 0.316 e. The van der Waals surface area contributed by atoms with Gasteiger partial charge in [0.15, 0.2) is 0 Å². The van der Waals surface area contributed by atoms with Crippen LogP contribution < -0.4 is 5.32 Å². The molecule has 1 nitrogen and oxygen atoms in total. The summed E-state index contributed by atoms with van der Waals surface area (Å²) in [5.41, 5.74) is 0.386. The number of benzene rings is 1. The summed E-state index contributed by atoms with van der Waals surface area (Å²) >= 11 is 1.96. The van der Waals surface area contributed by atoms with Crippen LogP contribution in [0.15, 0.2) is 35.2 Å². The maximum atomic E-state index is 3.56. The van der Waals surface area contributed by atoms with Crippen molar-refractivity contribution in [1.82, 2.24) is 5.32 Å². The molecule has 0 aromatic heterocycles. The number of thioether (sulfide) groups is 1. The summed E-state index contributed by atoms with van der Waals surface area (Å²) in [6, 6.07) is 10.7. The first kappa shape index (κ1) is 15.6. The summed E-state index contributed by atoms with van der Waals surface area (Å²) in [5, 5.41) is 3.56. The van der Waals surface area contributed by atoms with E-state index in [4.69, 9.17) is 0 Å². The van der Waals surface area contributed by atoms with E-state index < -0.39 is 0 Å². The van der Waals surface area contributed by atoms with E-state index in [1.165, 1.54) is 17.1 Å². The lowest BCUT2D eigenvalue weighted by atomic mass is 9.90. The first-order chi connectivity index (χ1) is 8.49. The SMILES string of the molecule is CC(C)CNCC(C)(C)CCSc1ccccc1. The number of hydrogen-bond acceptors (Lipinski definition) is 2. The predicted molar refractivity (Wildman–Crippen MR) is 83.3 cm³/mol. The molecule has 1 aromatic rings. The molecular weight excluding hydrogens is 238 g/mol. The second-order valence-electron chi connectivity index (χ2n) is 6.10. The Morgan fingerprint density at radius 2 is 1.83 bits per heavy atom. The van der Waals surface area contributed by atoms with E-state index in [2.05, 4.69) is 63.3 Å². The summed E-state index contributed by atoms with van der Waals surface area (Å²) in [6.07, 6.45) is 1.25. The van der Waals surface area contributed by atoms with Crippen molar-refractivity contribution in [2.24, 2.45) is 11.3 Å². The van der Waals surface area contributed by atoms with Crippen molar-refractivity contribution in [3.63, 3.8) is 0 Å². The van der Waals surface area contributed by atoms with Crippen LogP contribution in [0.5, 0.6) is 0 Å². The lowest BCUT2D eigenvalue weighted by Crippen LogP contribution is -2.32. The van der Waals surface area contributed by atoms with Crippen LogP contribution in [-0.2, 0) is 0 Å². The van der Waals surface area contributed by atoms with Crippen molar-refractivity contribution in [3.05, 3.63) is 30.3 Å². The Morgan fingerprint density at radius 3 is 2.44 bits per heavy atom. The van der Waals surface area contributed by atoms with Gasteiger partial charge >= 0.3 is 0 Å². The normalized spacial score (nSPS) is 12.1. The molecule has 0 unspecified atom stereocenters. The monoisotopic (exact) mass is 265 g/mol. The van der Waals surface area contributed by atoms with Crippen molar-refractivity contribution in [3.8, 4) is 0 Å². The van der Waals surface area contributed by atoms with Crippen LogP contribution in [0.3, 0.4) is 0 Å². The van der Waals surface area contributed by atoms with Crippen molar-refractivity contribution in [2.75, 3.05) is 18.8 Å². The predicted octanol–water partition coefficient (Wildman–Crippen LogP) is 4.44. The molecule has 102 valence electrons. The molecule has 0 amide bonds. The quantitative estimate of drug-likeness (QED) is 0.697. The van der Waals surface area contributed by atoms with E-state index >= 15 is 0 Å². The molecule has 0 aliphatic rings. The van der Waals surface area contributed by atoms with Gasteiger partial charge in [0.1, 0.15) is 0 Å². The van der Waals surface area contributed by atoms with Crippen LogP contribution >= 0.6 is 11.8 Å². The Bertz CT molecular complexity index is 319. The molecule has 1 aromatic carbocycles. The van der Waals surface area contributed by atoms with Gasteiger partial charge < -0.3 is 5.32 Å². The van der Waals surface area contributed by atoms with Gasteiger partial charge in [0.2, 0.25) is 0 Å². The van der Waals surface area contributed by atoms with E-state index in [0.717, 1.165) is 19.0 Å². The molecule has 18 heavy (non-hydrogen) atoms. The summed E-state index contributed by atoms with van der Waals surface area (Å²) in [7, 11) is 0. The lowest BCUT2D eigenvalue weighted by molar-refractivity contribution is 0.324. The third kappa shape index (κ3) is 7.07. The van der Waals surface area contributed by atoms with E-state index in [9.17, 15) is 0 Å². The third-order valence-electron chi connectivity index (χ3n) is 2.95. The van der Waals surface area contributed by atoms with Crippen LogP contribution in [0, 0.1) is 11.3 Å². The average Bonchev–Trinajstić information content (AvgIpc) is 2.29. The van der Waals surface area contributed by atoms with E-state index in [0.29, 0.717) is 5.41 Å². The molecule has 1 rings (SSSR count). The van der Waals surface area contributed by atoms with Gasteiger partial charge in [-0.2, -0.15) is 0 Å². The van der Waals surface area contributed by atoms with E-state index in [1.807, 2.05) is 11.8 Å². The Kier molecular flexibility index (Phi) is 6.80. The molecule has 0 fully saturated rings. The molecule has 1 N–H and O–H groups in total. The Morgan fingerprint density at radius 1 is 1.17 bits per heavy atom. The average molecular weight is 265 g/mol. The molecule has 0 aliphatic heterocycles. The van der Waals surface area contributed by atoms with Gasteiger partial charge in [0, 0.05) is 11.4 Å².